The van der Waals surface area contributed by atoms with E-state index in [1.54, 1.807) is 12.1 Å². The van der Waals surface area contributed by atoms with E-state index in [0.29, 0.717) is 18.3 Å². The molecule has 0 aliphatic rings. The lowest BCUT2D eigenvalue weighted by atomic mass is 10.1. The molecule has 0 saturated heterocycles. The van der Waals surface area contributed by atoms with E-state index in [1.807, 2.05) is 49.4 Å². The monoisotopic (exact) mass is 354 g/mol. The Labute approximate surface area is 155 Å². The summed E-state index contributed by atoms with van der Waals surface area (Å²) in [5.74, 6) is 1.38. The Morgan fingerprint density at radius 1 is 1.00 bits per heavy atom. The van der Waals surface area contributed by atoms with Gasteiger partial charge in [-0.05, 0) is 42.2 Å². The predicted molar refractivity (Wildman–Crippen MR) is 103 cm³/mol. The Hall–Kier alpha value is -2.95. The van der Waals surface area contributed by atoms with Crippen molar-refractivity contribution >= 4 is 5.91 Å². The van der Waals surface area contributed by atoms with E-state index in [-0.39, 0.29) is 12.5 Å². The van der Waals surface area contributed by atoms with Gasteiger partial charge in [0.25, 0.3) is 5.91 Å². The first-order valence-corrected chi connectivity index (χ1v) is 8.71. The van der Waals surface area contributed by atoms with E-state index >= 15 is 0 Å². The molecule has 1 amide bonds. The molecule has 2 rings (SSSR count). The van der Waals surface area contributed by atoms with Crippen LogP contribution in [0.1, 0.15) is 25.8 Å². The van der Waals surface area contributed by atoms with Crippen LogP contribution in [0.2, 0.25) is 0 Å². The molecule has 0 spiro atoms. The summed E-state index contributed by atoms with van der Waals surface area (Å²) >= 11 is 0. The Balaban J connectivity index is 1.71. The maximum absolute atomic E-state index is 11.8. The number of carbonyl (C=O) groups is 1. The Morgan fingerprint density at radius 3 is 2.23 bits per heavy atom. The molecule has 0 aromatic heterocycles. The van der Waals surface area contributed by atoms with Crippen LogP contribution in [0, 0.1) is 5.92 Å². The van der Waals surface area contributed by atoms with Gasteiger partial charge in [0.2, 0.25) is 0 Å². The third kappa shape index (κ3) is 6.51. The average molecular weight is 354 g/mol. The third-order valence-electron chi connectivity index (χ3n) is 4.01. The van der Waals surface area contributed by atoms with Crippen molar-refractivity contribution in [2.24, 2.45) is 5.92 Å². The highest BCUT2D eigenvalue weighted by atomic mass is 16.5. The quantitative estimate of drug-likeness (QED) is 0.637. The SMILES string of the molecule is C=C(NNC(=O)COc1ccc(OCc2ccccc2)cc1)[C@@H](C)CC. The standard InChI is InChI=1S/C21H26N2O3/c1-4-16(2)17(3)22-23-21(24)15-26-20-12-10-19(11-13-20)25-14-18-8-6-5-7-9-18/h5-13,16,22H,3-4,14-15H2,1-2H3,(H,23,24)/t16-/m0/s1. The summed E-state index contributed by atoms with van der Waals surface area (Å²) < 4.78 is 11.2. The minimum atomic E-state index is -0.265. The van der Waals surface area contributed by atoms with Crippen LogP contribution in [-0.4, -0.2) is 12.5 Å². The molecule has 1 atom stereocenters. The number of rotatable bonds is 10. The van der Waals surface area contributed by atoms with Gasteiger partial charge in [-0.25, -0.2) is 0 Å². The van der Waals surface area contributed by atoms with E-state index < -0.39 is 0 Å². The van der Waals surface area contributed by atoms with Crippen molar-refractivity contribution in [3.63, 3.8) is 0 Å². The van der Waals surface area contributed by atoms with Crippen molar-refractivity contribution in [3.8, 4) is 11.5 Å². The van der Waals surface area contributed by atoms with Crippen LogP contribution in [-0.2, 0) is 11.4 Å². The molecule has 5 nitrogen and oxygen atoms in total. The summed E-state index contributed by atoms with van der Waals surface area (Å²) in [6, 6.07) is 17.2. The highest BCUT2D eigenvalue weighted by molar-refractivity contribution is 5.77. The first-order chi connectivity index (χ1) is 12.6. The van der Waals surface area contributed by atoms with Gasteiger partial charge in [0.1, 0.15) is 18.1 Å². The molecule has 0 radical (unpaired) electrons. The zero-order valence-electron chi connectivity index (χ0n) is 15.3. The van der Waals surface area contributed by atoms with Crippen molar-refractivity contribution in [2.75, 3.05) is 6.61 Å². The fourth-order valence-electron chi connectivity index (χ4n) is 2.08. The molecule has 0 aliphatic carbocycles. The number of amides is 1. The first kappa shape index (κ1) is 19.4. The molecule has 0 unspecified atom stereocenters. The van der Waals surface area contributed by atoms with E-state index in [9.17, 15) is 4.79 Å². The van der Waals surface area contributed by atoms with E-state index in [1.165, 1.54) is 0 Å². The van der Waals surface area contributed by atoms with Crippen LogP contribution in [0.4, 0.5) is 0 Å². The van der Waals surface area contributed by atoms with Crippen LogP contribution >= 0.6 is 0 Å². The molecule has 0 bridgehead atoms. The molecule has 2 aromatic rings. The summed E-state index contributed by atoms with van der Waals surface area (Å²) in [5, 5.41) is 0. The van der Waals surface area contributed by atoms with Crippen LogP contribution in [0.5, 0.6) is 11.5 Å². The molecule has 0 saturated carbocycles. The normalized spacial score (nSPS) is 11.3. The summed E-state index contributed by atoms with van der Waals surface area (Å²) in [7, 11) is 0. The Morgan fingerprint density at radius 2 is 1.62 bits per heavy atom. The van der Waals surface area contributed by atoms with Crippen LogP contribution in [0.25, 0.3) is 0 Å². The number of carbonyl (C=O) groups excluding carboxylic acids is 1. The average Bonchev–Trinajstić information content (AvgIpc) is 2.69. The van der Waals surface area contributed by atoms with Gasteiger partial charge in [-0.3, -0.25) is 10.2 Å². The molecule has 2 aromatic carbocycles. The number of hydrazine groups is 1. The lowest BCUT2D eigenvalue weighted by Crippen LogP contribution is -2.40. The maximum Gasteiger partial charge on any atom is 0.276 e. The van der Waals surface area contributed by atoms with Gasteiger partial charge in [0, 0.05) is 5.70 Å². The number of ether oxygens (including phenoxy) is 2. The van der Waals surface area contributed by atoms with Crippen molar-refractivity contribution in [1.82, 2.24) is 10.9 Å². The van der Waals surface area contributed by atoms with Gasteiger partial charge in [0.15, 0.2) is 6.61 Å². The van der Waals surface area contributed by atoms with Crippen LogP contribution < -0.4 is 20.3 Å². The fourth-order valence-corrected chi connectivity index (χ4v) is 2.08. The van der Waals surface area contributed by atoms with Gasteiger partial charge < -0.3 is 14.9 Å². The van der Waals surface area contributed by atoms with Crippen LogP contribution in [0.3, 0.4) is 0 Å². The zero-order chi connectivity index (χ0) is 18.8. The molecule has 2 N–H and O–H groups in total. The first-order valence-electron chi connectivity index (χ1n) is 8.71. The highest BCUT2D eigenvalue weighted by Crippen LogP contribution is 2.18. The second-order valence-electron chi connectivity index (χ2n) is 6.04. The van der Waals surface area contributed by atoms with Crippen molar-refractivity contribution in [1.29, 1.82) is 0 Å². The van der Waals surface area contributed by atoms with Crippen molar-refractivity contribution in [3.05, 3.63) is 72.4 Å². The highest BCUT2D eigenvalue weighted by Gasteiger charge is 2.06. The van der Waals surface area contributed by atoms with Crippen LogP contribution in [0.15, 0.2) is 66.9 Å². The van der Waals surface area contributed by atoms with Gasteiger partial charge in [0.05, 0.1) is 0 Å². The molecular weight excluding hydrogens is 328 g/mol. The lowest BCUT2D eigenvalue weighted by molar-refractivity contribution is -0.123. The van der Waals surface area contributed by atoms with E-state index in [2.05, 4.69) is 24.4 Å². The summed E-state index contributed by atoms with van der Waals surface area (Å²) in [5.41, 5.74) is 7.28. The van der Waals surface area contributed by atoms with Gasteiger partial charge in [-0.2, -0.15) is 0 Å². The number of benzene rings is 2. The molecule has 138 valence electrons. The molecule has 0 fully saturated rings. The second-order valence-corrected chi connectivity index (χ2v) is 6.04. The smallest absolute Gasteiger partial charge is 0.276 e. The van der Waals surface area contributed by atoms with Gasteiger partial charge >= 0.3 is 0 Å². The lowest BCUT2D eigenvalue weighted by Gasteiger charge is -2.16. The summed E-state index contributed by atoms with van der Waals surface area (Å²) in [6.45, 7) is 8.42. The van der Waals surface area contributed by atoms with E-state index in [4.69, 9.17) is 9.47 Å². The molecule has 0 heterocycles. The number of allylic oxidation sites excluding steroid dienone is 1. The molecule has 0 aliphatic heterocycles. The minimum absolute atomic E-state index is 0.0784. The van der Waals surface area contributed by atoms with Gasteiger partial charge in [-0.1, -0.05) is 50.8 Å². The Bertz CT molecular complexity index is 699. The minimum Gasteiger partial charge on any atom is -0.489 e. The second kappa shape index (κ2) is 10.1. The number of nitrogens with one attached hydrogen (secondary N) is 2. The topological polar surface area (TPSA) is 59.6 Å². The summed E-state index contributed by atoms with van der Waals surface area (Å²) in [6.07, 6.45) is 0.955. The van der Waals surface area contributed by atoms with Crippen molar-refractivity contribution in [2.45, 2.75) is 26.9 Å². The number of hydrogen-bond acceptors (Lipinski definition) is 4. The largest absolute Gasteiger partial charge is 0.489 e. The van der Waals surface area contributed by atoms with E-state index in [0.717, 1.165) is 23.4 Å². The number of hydrogen-bond donors (Lipinski definition) is 2. The predicted octanol–water partition coefficient (Wildman–Crippen LogP) is 3.83. The third-order valence-corrected chi connectivity index (χ3v) is 4.01. The Kier molecular flexibility index (Phi) is 7.55. The molecule has 26 heavy (non-hydrogen) atoms. The maximum atomic E-state index is 11.8. The zero-order valence-corrected chi connectivity index (χ0v) is 15.3. The molecule has 5 heteroatoms. The van der Waals surface area contributed by atoms with Gasteiger partial charge in [-0.15, -0.1) is 0 Å². The molecular formula is C21H26N2O3. The summed E-state index contributed by atoms with van der Waals surface area (Å²) in [4.78, 5) is 11.8. The van der Waals surface area contributed by atoms with Crippen molar-refractivity contribution < 1.29 is 14.3 Å². The fraction of sp³-hybridized carbons (Fsp3) is 0.286.